The lowest BCUT2D eigenvalue weighted by molar-refractivity contribution is 0.00750. The molecule has 1 heterocycles. The van der Waals surface area contributed by atoms with Gasteiger partial charge in [0, 0.05) is 38.8 Å². The third-order valence-corrected chi connectivity index (χ3v) is 9.63. The number of phenolic OH excluding ortho intramolecular Hbond substituents is 1. The number of ether oxygens (including phenoxy) is 2. The first-order valence-electron chi connectivity index (χ1n) is 13.2. The maximum absolute atomic E-state index is 13.4. The first-order chi connectivity index (χ1) is 17.7. The molecule has 3 unspecified atom stereocenters. The summed E-state index contributed by atoms with van der Waals surface area (Å²) in [6, 6.07) is 15.0. The zero-order valence-corrected chi connectivity index (χ0v) is 23.2. The molecule has 1 aliphatic heterocycles. The number of methoxy groups -OCH3 is 1. The van der Waals surface area contributed by atoms with Gasteiger partial charge < -0.3 is 19.9 Å². The molecule has 0 aromatic heterocycles. The largest absolute Gasteiger partial charge is 0.508 e. The predicted octanol–water partition coefficient (Wildman–Crippen LogP) is 3.87. The van der Waals surface area contributed by atoms with Crippen molar-refractivity contribution in [3.63, 3.8) is 0 Å². The average molecular weight is 532 g/mol. The third-order valence-electron chi connectivity index (χ3n) is 7.71. The van der Waals surface area contributed by atoms with Gasteiger partial charge in [0.2, 0.25) is 0 Å². The van der Waals surface area contributed by atoms with Gasteiger partial charge in [0.05, 0.1) is 19.8 Å². The molecule has 0 radical (unpaired) electrons. The summed E-state index contributed by atoms with van der Waals surface area (Å²) in [6.07, 6.45) is 4.83. The van der Waals surface area contributed by atoms with Gasteiger partial charge in [-0.25, -0.2) is 0 Å². The van der Waals surface area contributed by atoms with E-state index in [2.05, 4.69) is 18.3 Å². The molecule has 4 rings (SSSR count). The Hall–Kier alpha value is -2.17. The number of phenols is 1. The number of rotatable bonds is 10. The minimum Gasteiger partial charge on any atom is -0.508 e. The van der Waals surface area contributed by atoms with Crippen molar-refractivity contribution in [1.82, 2.24) is 13.9 Å². The van der Waals surface area contributed by atoms with Crippen LogP contribution < -0.4 is 10.1 Å². The Bertz CT molecular complexity index is 1120. The van der Waals surface area contributed by atoms with Gasteiger partial charge in [-0.05, 0) is 80.3 Å². The molecule has 1 aliphatic carbocycles. The molecule has 0 bridgehead atoms. The zero-order valence-electron chi connectivity index (χ0n) is 22.3. The molecule has 2 fully saturated rings. The van der Waals surface area contributed by atoms with Crippen LogP contribution in [0, 0.1) is 0 Å². The van der Waals surface area contributed by atoms with Gasteiger partial charge >= 0.3 is 0 Å². The van der Waals surface area contributed by atoms with Crippen LogP contribution >= 0.6 is 0 Å². The number of hydrogen-bond donors (Lipinski definition) is 2. The number of hydrogen-bond acceptors (Lipinski definition) is 6. The summed E-state index contributed by atoms with van der Waals surface area (Å²) in [5, 5.41) is 13.4. The number of nitrogens with zero attached hydrogens (tertiary/aromatic N) is 2. The Labute approximate surface area is 221 Å². The van der Waals surface area contributed by atoms with E-state index < -0.39 is 10.2 Å². The topological polar surface area (TPSA) is 91.3 Å². The fourth-order valence-electron chi connectivity index (χ4n) is 5.62. The van der Waals surface area contributed by atoms with Crippen LogP contribution in [0.4, 0.5) is 0 Å². The van der Waals surface area contributed by atoms with Crippen LogP contribution in [0.15, 0.2) is 48.5 Å². The van der Waals surface area contributed by atoms with E-state index in [1.54, 1.807) is 31.6 Å². The van der Waals surface area contributed by atoms with Gasteiger partial charge in [-0.1, -0.05) is 24.3 Å². The van der Waals surface area contributed by atoms with Crippen molar-refractivity contribution < 1.29 is 23.0 Å². The number of benzene rings is 2. The highest BCUT2D eigenvalue weighted by Crippen LogP contribution is 2.35. The molecule has 0 spiro atoms. The Morgan fingerprint density at radius 3 is 2.38 bits per heavy atom. The monoisotopic (exact) mass is 531 g/mol. The van der Waals surface area contributed by atoms with Crippen LogP contribution in [0.25, 0.3) is 0 Å². The van der Waals surface area contributed by atoms with Crippen LogP contribution in [0.5, 0.6) is 11.5 Å². The van der Waals surface area contributed by atoms with Crippen molar-refractivity contribution in [2.45, 2.75) is 75.7 Å². The minimum atomic E-state index is -3.66. The second kappa shape index (κ2) is 12.1. The SMILES string of the molecule is COc1ccc(CN(C2CC(C)NC2COC2CCC(c3cccc(O)c3)CC2)S(=O)(=O)N(C)C)cc1. The van der Waals surface area contributed by atoms with Gasteiger partial charge in [0.15, 0.2) is 0 Å². The van der Waals surface area contributed by atoms with Gasteiger partial charge in [-0.2, -0.15) is 17.0 Å². The Balaban J connectivity index is 1.41. The summed E-state index contributed by atoms with van der Waals surface area (Å²) in [7, 11) is 1.12. The highest BCUT2D eigenvalue weighted by atomic mass is 32.2. The molecular weight excluding hydrogens is 490 g/mol. The lowest BCUT2D eigenvalue weighted by Gasteiger charge is -2.35. The van der Waals surface area contributed by atoms with Crippen LogP contribution in [0.1, 0.15) is 56.1 Å². The molecule has 2 N–H and O–H groups in total. The van der Waals surface area contributed by atoms with Crippen molar-refractivity contribution in [2.24, 2.45) is 0 Å². The second-order valence-electron chi connectivity index (χ2n) is 10.6. The van der Waals surface area contributed by atoms with E-state index in [1.165, 1.54) is 9.87 Å². The lowest BCUT2D eigenvalue weighted by atomic mass is 9.82. The molecule has 1 saturated heterocycles. The van der Waals surface area contributed by atoms with E-state index in [0.717, 1.165) is 43.4 Å². The molecule has 2 aromatic carbocycles. The number of aromatic hydroxyl groups is 1. The molecular formula is C28H41N3O5S. The van der Waals surface area contributed by atoms with Crippen molar-refractivity contribution >= 4 is 10.2 Å². The summed E-state index contributed by atoms with van der Waals surface area (Å²) in [6.45, 7) is 2.86. The lowest BCUT2D eigenvalue weighted by Crippen LogP contribution is -2.52. The molecule has 9 heteroatoms. The van der Waals surface area contributed by atoms with Crippen molar-refractivity contribution in [1.29, 1.82) is 0 Å². The summed E-state index contributed by atoms with van der Waals surface area (Å²) < 4.78 is 41.4. The van der Waals surface area contributed by atoms with E-state index in [0.29, 0.717) is 18.3 Å². The van der Waals surface area contributed by atoms with Crippen LogP contribution in [-0.2, 0) is 21.5 Å². The fraction of sp³-hybridized carbons (Fsp3) is 0.571. The van der Waals surface area contributed by atoms with Gasteiger partial charge in [0.1, 0.15) is 11.5 Å². The van der Waals surface area contributed by atoms with Gasteiger partial charge in [0.25, 0.3) is 10.2 Å². The second-order valence-corrected chi connectivity index (χ2v) is 12.7. The molecule has 3 atom stereocenters. The van der Waals surface area contributed by atoms with E-state index in [4.69, 9.17) is 9.47 Å². The summed E-state index contributed by atoms with van der Waals surface area (Å²) >= 11 is 0. The first kappa shape index (κ1) is 27.9. The van der Waals surface area contributed by atoms with Crippen molar-refractivity contribution in [3.8, 4) is 11.5 Å². The maximum Gasteiger partial charge on any atom is 0.282 e. The molecule has 8 nitrogen and oxygen atoms in total. The molecule has 1 saturated carbocycles. The zero-order chi connectivity index (χ0) is 26.6. The Morgan fingerprint density at radius 1 is 1.05 bits per heavy atom. The van der Waals surface area contributed by atoms with Crippen LogP contribution in [0.2, 0.25) is 0 Å². The molecule has 2 aliphatic rings. The van der Waals surface area contributed by atoms with Gasteiger partial charge in [-0.3, -0.25) is 0 Å². The summed E-state index contributed by atoms with van der Waals surface area (Å²) in [5.41, 5.74) is 2.10. The highest BCUT2D eigenvalue weighted by molar-refractivity contribution is 7.86. The van der Waals surface area contributed by atoms with E-state index >= 15 is 0 Å². The predicted molar refractivity (Wildman–Crippen MR) is 145 cm³/mol. The first-order valence-corrected chi connectivity index (χ1v) is 14.6. The molecule has 204 valence electrons. The summed E-state index contributed by atoms with van der Waals surface area (Å²) in [5.74, 6) is 1.50. The standard InChI is InChI=1S/C28H41N3O5S/c1-20-16-28(31(37(33,34)30(2)3)18-21-8-12-25(35-4)13-9-21)27(29-20)19-36-26-14-10-22(11-15-26)23-6-5-7-24(32)17-23/h5-9,12-13,17,20,22,26-29,32H,10-11,14-16,18-19H2,1-4H3. The van der Waals surface area contributed by atoms with Crippen molar-refractivity contribution in [2.75, 3.05) is 27.8 Å². The summed E-state index contributed by atoms with van der Waals surface area (Å²) in [4.78, 5) is 0. The Kier molecular flexibility index (Phi) is 9.13. The third kappa shape index (κ3) is 6.83. The number of nitrogens with one attached hydrogen (secondary N) is 1. The molecule has 2 aromatic rings. The Morgan fingerprint density at radius 2 is 1.76 bits per heavy atom. The van der Waals surface area contributed by atoms with Crippen molar-refractivity contribution in [3.05, 3.63) is 59.7 Å². The normalized spacial score (nSPS) is 26.6. The highest BCUT2D eigenvalue weighted by Gasteiger charge is 2.42. The van der Waals surface area contributed by atoms with Gasteiger partial charge in [-0.15, -0.1) is 0 Å². The maximum atomic E-state index is 13.4. The molecule has 0 amide bonds. The van der Waals surface area contributed by atoms with Crippen LogP contribution in [0.3, 0.4) is 0 Å². The minimum absolute atomic E-state index is 0.0910. The fourth-order valence-corrected chi connectivity index (χ4v) is 6.93. The molecule has 37 heavy (non-hydrogen) atoms. The quantitative estimate of drug-likeness (QED) is 0.484. The van der Waals surface area contributed by atoms with E-state index in [-0.39, 0.29) is 30.8 Å². The van der Waals surface area contributed by atoms with E-state index in [1.807, 2.05) is 36.4 Å². The van der Waals surface area contributed by atoms with Crippen LogP contribution in [-0.4, -0.2) is 74.2 Å². The average Bonchev–Trinajstić information content (AvgIpc) is 3.26. The van der Waals surface area contributed by atoms with E-state index in [9.17, 15) is 13.5 Å². The smallest absolute Gasteiger partial charge is 0.282 e.